The predicted molar refractivity (Wildman–Crippen MR) is 159 cm³/mol. The Kier molecular flexibility index (Phi) is 9.07. The number of rotatable bonds is 11. The molecule has 0 spiro atoms. The van der Waals surface area contributed by atoms with Crippen molar-refractivity contribution in [3.05, 3.63) is 140 Å². The van der Waals surface area contributed by atoms with Crippen LogP contribution in [0.4, 0.5) is 0 Å². The van der Waals surface area contributed by atoms with Crippen LogP contribution in [0.2, 0.25) is 0 Å². The molecule has 0 radical (unpaired) electrons. The number of aliphatic hydroxyl groups excluding tert-OH is 1. The van der Waals surface area contributed by atoms with Gasteiger partial charge < -0.3 is 29.2 Å². The third-order valence-corrected chi connectivity index (χ3v) is 8.07. The van der Waals surface area contributed by atoms with E-state index < -0.39 is 47.2 Å². The van der Waals surface area contributed by atoms with Crippen LogP contribution in [0.15, 0.2) is 107 Å². The van der Waals surface area contributed by atoms with Gasteiger partial charge in [0.1, 0.15) is 17.7 Å². The van der Waals surface area contributed by atoms with Gasteiger partial charge in [-0.1, -0.05) is 91.0 Å². The standard InChI is InChI=1S/C33H36N2O8/c1-22-20-35(31(38)34-29(22)37)28-19-26(36)27(43-28)21-42-30(40-2)33(39,41-3)32(23-13-7-4-8-14-23,24-15-9-5-10-16-24)25-17-11-6-12-18-25/h4-18,20,26-28,30,36,39H,19,21H2,1-3H3,(H,34,37,38)/t26?,27-,28-,30?,33?/m1/s1. The topological polar surface area (TPSA) is 132 Å². The second kappa shape index (κ2) is 12.8. The summed E-state index contributed by atoms with van der Waals surface area (Å²) < 4.78 is 25.3. The molecule has 0 aliphatic carbocycles. The molecule has 0 bridgehead atoms. The Balaban J connectivity index is 1.53. The van der Waals surface area contributed by atoms with E-state index in [0.29, 0.717) is 5.56 Å². The highest BCUT2D eigenvalue weighted by atomic mass is 16.7. The minimum atomic E-state index is -2.15. The number of hydrogen-bond donors (Lipinski definition) is 3. The summed E-state index contributed by atoms with van der Waals surface area (Å²) in [5.41, 5.74) is 0.0507. The number of aromatic nitrogens is 2. The third-order valence-electron chi connectivity index (χ3n) is 8.07. The van der Waals surface area contributed by atoms with Crippen molar-refractivity contribution in [2.24, 2.45) is 0 Å². The van der Waals surface area contributed by atoms with Crippen molar-refractivity contribution >= 4 is 0 Å². The normalized spacial score (nSPS) is 20.9. The van der Waals surface area contributed by atoms with Crippen LogP contribution in [0.25, 0.3) is 0 Å². The van der Waals surface area contributed by atoms with Crippen LogP contribution in [-0.2, 0) is 24.4 Å². The van der Waals surface area contributed by atoms with Gasteiger partial charge in [-0.3, -0.25) is 14.3 Å². The van der Waals surface area contributed by atoms with E-state index in [9.17, 15) is 19.8 Å². The number of H-pyrrole nitrogens is 1. The molecule has 4 aromatic rings. The Labute approximate surface area is 249 Å². The van der Waals surface area contributed by atoms with E-state index in [1.165, 1.54) is 25.0 Å². The molecule has 1 aromatic heterocycles. The summed E-state index contributed by atoms with van der Waals surface area (Å²) in [6, 6.07) is 28.5. The quantitative estimate of drug-likeness (QED) is 0.180. The van der Waals surface area contributed by atoms with E-state index in [0.717, 1.165) is 16.7 Å². The molecule has 2 heterocycles. The summed E-state index contributed by atoms with van der Waals surface area (Å²) in [5.74, 6) is -2.15. The Morgan fingerprint density at radius 1 is 0.930 bits per heavy atom. The molecule has 3 aromatic carbocycles. The van der Waals surface area contributed by atoms with Gasteiger partial charge in [0.2, 0.25) is 12.1 Å². The van der Waals surface area contributed by atoms with Gasteiger partial charge in [0.15, 0.2) is 0 Å². The molecule has 0 saturated carbocycles. The van der Waals surface area contributed by atoms with Crippen LogP contribution in [0.5, 0.6) is 0 Å². The van der Waals surface area contributed by atoms with Crippen LogP contribution in [0.3, 0.4) is 0 Å². The number of hydrogen-bond acceptors (Lipinski definition) is 8. The van der Waals surface area contributed by atoms with E-state index in [1.807, 2.05) is 91.0 Å². The first-order chi connectivity index (χ1) is 20.8. The monoisotopic (exact) mass is 588 g/mol. The summed E-state index contributed by atoms with van der Waals surface area (Å²) in [5, 5.41) is 23.6. The number of ether oxygens (including phenoxy) is 4. The molecule has 43 heavy (non-hydrogen) atoms. The second-order valence-corrected chi connectivity index (χ2v) is 10.6. The Morgan fingerprint density at radius 3 is 1.91 bits per heavy atom. The van der Waals surface area contributed by atoms with Crippen molar-refractivity contribution < 1.29 is 29.2 Å². The fourth-order valence-corrected chi connectivity index (χ4v) is 5.97. The Bertz CT molecular complexity index is 1510. The number of nitrogens with zero attached hydrogens (tertiary/aromatic N) is 1. The number of aryl methyl sites for hydroxylation is 1. The highest BCUT2D eigenvalue weighted by Crippen LogP contribution is 2.50. The van der Waals surface area contributed by atoms with Gasteiger partial charge >= 0.3 is 5.69 Å². The molecule has 1 saturated heterocycles. The van der Waals surface area contributed by atoms with Gasteiger partial charge in [-0.2, -0.15) is 0 Å². The molecule has 3 N–H and O–H groups in total. The molecule has 10 heteroatoms. The maximum absolute atomic E-state index is 12.8. The lowest BCUT2D eigenvalue weighted by atomic mass is 9.63. The first kappa shape index (κ1) is 30.6. The zero-order chi connectivity index (χ0) is 30.6. The molecular formula is C33H36N2O8. The molecule has 1 aliphatic heterocycles. The number of methoxy groups -OCH3 is 2. The van der Waals surface area contributed by atoms with Crippen LogP contribution >= 0.6 is 0 Å². The number of benzene rings is 3. The number of aromatic amines is 1. The smallest absolute Gasteiger partial charge is 0.330 e. The fourth-order valence-electron chi connectivity index (χ4n) is 5.97. The summed E-state index contributed by atoms with van der Waals surface area (Å²) >= 11 is 0. The highest BCUT2D eigenvalue weighted by Gasteiger charge is 2.60. The maximum Gasteiger partial charge on any atom is 0.330 e. The minimum absolute atomic E-state index is 0.0909. The van der Waals surface area contributed by atoms with Crippen molar-refractivity contribution in [2.45, 2.75) is 49.3 Å². The summed E-state index contributed by atoms with van der Waals surface area (Å²) in [6.45, 7) is 1.38. The summed E-state index contributed by atoms with van der Waals surface area (Å²) in [4.78, 5) is 26.5. The SMILES string of the molecule is COC(OC[C@H]1O[C@@H](n2cc(C)c(=O)[nH]c2=O)CC1O)C(O)(OC)C(c1ccccc1)(c1ccccc1)c1ccccc1. The summed E-state index contributed by atoms with van der Waals surface area (Å²) in [6.07, 6.45) is -2.59. The van der Waals surface area contributed by atoms with Gasteiger partial charge in [0, 0.05) is 32.4 Å². The highest BCUT2D eigenvalue weighted by molar-refractivity contribution is 5.53. The van der Waals surface area contributed by atoms with E-state index in [2.05, 4.69) is 4.98 Å². The van der Waals surface area contributed by atoms with Gasteiger partial charge in [-0.05, 0) is 23.6 Å². The predicted octanol–water partition coefficient (Wildman–Crippen LogP) is 2.85. The third kappa shape index (κ3) is 5.49. The molecule has 10 nitrogen and oxygen atoms in total. The molecule has 5 atom stereocenters. The Hall–Kier alpha value is -3.90. The Morgan fingerprint density at radius 2 is 1.44 bits per heavy atom. The second-order valence-electron chi connectivity index (χ2n) is 10.6. The lowest BCUT2D eigenvalue weighted by molar-refractivity contribution is -0.344. The minimum Gasteiger partial charge on any atom is -0.390 e. The van der Waals surface area contributed by atoms with E-state index in [1.54, 1.807) is 6.92 Å². The van der Waals surface area contributed by atoms with Crippen LogP contribution in [-0.4, -0.2) is 64.9 Å². The zero-order valence-corrected chi connectivity index (χ0v) is 24.3. The lowest BCUT2D eigenvalue weighted by Crippen LogP contribution is -2.63. The average Bonchev–Trinajstić information content (AvgIpc) is 3.40. The fraction of sp³-hybridized carbons (Fsp3) is 0.333. The number of nitrogens with one attached hydrogen (secondary N) is 1. The zero-order valence-electron chi connectivity index (χ0n) is 24.3. The van der Waals surface area contributed by atoms with Gasteiger partial charge in [-0.15, -0.1) is 0 Å². The molecular weight excluding hydrogens is 552 g/mol. The largest absolute Gasteiger partial charge is 0.390 e. The van der Waals surface area contributed by atoms with Crippen LogP contribution in [0.1, 0.15) is 34.9 Å². The molecule has 0 amide bonds. The van der Waals surface area contributed by atoms with Crippen molar-refractivity contribution in [3.63, 3.8) is 0 Å². The van der Waals surface area contributed by atoms with E-state index in [4.69, 9.17) is 18.9 Å². The van der Waals surface area contributed by atoms with Crippen molar-refractivity contribution in [3.8, 4) is 0 Å². The van der Waals surface area contributed by atoms with Crippen LogP contribution in [0, 0.1) is 6.92 Å². The van der Waals surface area contributed by atoms with Crippen LogP contribution < -0.4 is 11.2 Å². The van der Waals surface area contributed by atoms with Crippen molar-refractivity contribution in [1.29, 1.82) is 0 Å². The van der Waals surface area contributed by atoms with E-state index >= 15 is 0 Å². The number of aliphatic hydroxyl groups is 2. The molecule has 3 unspecified atom stereocenters. The maximum atomic E-state index is 12.8. The first-order valence-electron chi connectivity index (χ1n) is 14.0. The lowest BCUT2D eigenvalue weighted by Gasteiger charge is -2.50. The van der Waals surface area contributed by atoms with Gasteiger partial charge in [0.05, 0.1) is 12.7 Å². The molecule has 1 fully saturated rings. The van der Waals surface area contributed by atoms with Gasteiger partial charge in [-0.25, -0.2) is 4.79 Å². The van der Waals surface area contributed by atoms with Gasteiger partial charge in [0.25, 0.3) is 5.56 Å². The summed E-state index contributed by atoms with van der Waals surface area (Å²) in [7, 11) is 2.79. The van der Waals surface area contributed by atoms with Crippen molar-refractivity contribution in [1.82, 2.24) is 9.55 Å². The van der Waals surface area contributed by atoms with E-state index in [-0.39, 0.29) is 13.0 Å². The van der Waals surface area contributed by atoms with Crippen molar-refractivity contribution in [2.75, 3.05) is 20.8 Å². The molecule has 226 valence electrons. The average molecular weight is 589 g/mol. The molecule has 5 rings (SSSR count). The first-order valence-corrected chi connectivity index (χ1v) is 14.0. The molecule has 1 aliphatic rings.